The summed E-state index contributed by atoms with van der Waals surface area (Å²) in [6, 6.07) is 11.8. The Bertz CT molecular complexity index is 1660. The number of amides is 1. The van der Waals surface area contributed by atoms with Crippen LogP contribution in [0.3, 0.4) is 0 Å². The maximum Gasteiger partial charge on any atom is 0.255 e. The van der Waals surface area contributed by atoms with Crippen LogP contribution < -0.4 is 5.32 Å². The minimum Gasteiger partial charge on any atom is -0.387 e. The fraction of sp³-hybridized carbons (Fsp3) is 0.400. The first-order valence-corrected chi connectivity index (χ1v) is 15.7. The summed E-state index contributed by atoms with van der Waals surface area (Å²) in [7, 11) is -4.08. The van der Waals surface area contributed by atoms with Crippen LogP contribution in [0.2, 0.25) is 5.02 Å². The number of rotatable bonds is 8. The third-order valence-corrected chi connectivity index (χ3v) is 11.6. The van der Waals surface area contributed by atoms with Crippen LogP contribution in [0.5, 0.6) is 0 Å². The van der Waals surface area contributed by atoms with E-state index in [0.717, 1.165) is 36.7 Å². The van der Waals surface area contributed by atoms with E-state index in [1.165, 1.54) is 18.2 Å². The topological polar surface area (TPSA) is 137 Å². The second-order valence-electron chi connectivity index (χ2n) is 11.5. The minimum absolute atomic E-state index is 0.0138. The number of fused-ring (bicyclic) bond motifs is 2. The molecule has 1 aromatic heterocycles. The molecular weight excluding hydrogens is 590 g/mol. The number of anilines is 1. The zero-order valence-corrected chi connectivity index (χ0v) is 23.8. The number of nitrogens with zero attached hydrogens (tertiary/aromatic N) is 1. The summed E-state index contributed by atoms with van der Waals surface area (Å²) in [6.07, 6.45) is -0.417. The number of sulfone groups is 1. The van der Waals surface area contributed by atoms with Crippen LogP contribution in [0.1, 0.15) is 65.9 Å². The van der Waals surface area contributed by atoms with Crippen molar-refractivity contribution in [1.82, 2.24) is 4.98 Å². The number of carbonyl (C=O) groups is 1. The summed E-state index contributed by atoms with van der Waals surface area (Å²) in [6.45, 7) is 0. The van der Waals surface area contributed by atoms with E-state index < -0.39 is 62.3 Å². The molecule has 7 rings (SSSR count). The highest BCUT2D eigenvalue weighted by molar-refractivity contribution is 7.92. The lowest BCUT2D eigenvalue weighted by molar-refractivity contribution is -0.252. The molecule has 0 radical (unpaired) electrons. The van der Waals surface area contributed by atoms with Crippen LogP contribution in [0.15, 0.2) is 59.5 Å². The lowest BCUT2D eigenvalue weighted by Gasteiger charge is -2.60. The van der Waals surface area contributed by atoms with E-state index in [1.807, 2.05) is 6.07 Å². The van der Waals surface area contributed by atoms with E-state index in [9.17, 15) is 37.3 Å². The highest BCUT2D eigenvalue weighted by Gasteiger charge is 2.64. The van der Waals surface area contributed by atoms with Crippen LogP contribution in [0.25, 0.3) is 0 Å². The van der Waals surface area contributed by atoms with Gasteiger partial charge in [0.25, 0.3) is 5.91 Å². The first kappa shape index (κ1) is 29.1. The van der Waals surface area contributed by atoms with Gasteiger partial charge in [0.15, 0.2) is 21.5 Å². The Kier molecular flexibility index (Phi) is 7.38. The highest BCUT2D eigenvalue weighted by Crippen LogP contribution is 2.58. The Morgan fingerprint density at radius 1 is 1.00 bits per heavy atom. The van der Waals surface area contributed by atoms with Crippen LogP contribution >= 0.6 is 11.6 Å². The second kappa shape index (κ2) is 10.6. The predicted octanol–water partition coefficient (Wildman–Crippen LogP) is 4.54. The molecule has 4 atom stereocenters. The van der Waals surface area contributed by atoms with Crippen molar-refractivity contribution < 1.29 is 37.3 Å². The fourth-order valence-electron chi connectivity index (χ4n) is 6.41. The van der Waals surface area contributed by atoms with Gasteiger partial charge in [-0.05, 0) is 86.4 Å². The minimum atomic E-state index is -4.08. The number of aromatic nitrogens is 1. The van der Waals surface area contributed by atoms with E-state index >= 15 is 0 Å². The summed E-state index contributed by atoms with van der Waals surface area (Å²) in [5.74, 6) is -3.81. The summed E-state index contributed by atoms with van der Waals surface area (Å²) in [4.78, 5) is 17.0. The number of pyridine rings is 1. The number of halogens is 3. The molecule has 0 spiro atoms. The van der Waals surface area contributed by atoms with Crippen molar-refractivity contribution in [3.05, 3.63) is 88.2 Å². The Morgan fingerprint density at radius 3 is 2.38 bits per heavy atom. The van der Waals surface area contributed by atoms with Gasteiger partial charge in [-0.1, -0.05) is 17.7 Å². The molecule has 222 valence electrons. The van der Waals surface area contributed by atoms with Crippen LogP contribution in [0.4, 0.5) is 14.5 Å². The van der Waals surface area contributed by atoms with E-state index in [0.29, 0.717) is 12.3 Å². The quantitative estimate of drug-likeness (QED) is 0.291. The molecule has 8 nitrogen and oxygen atoms in total. The van der Waals surface area contributed by atoms with Gasteiger partial charge in [0.2, 0.25) is 0 Å². The molecule has 2 bridgehead atoms. The van der Waals surface area contributed by atoms with Gasteiger partial charge >= 0.3 is 0 Å². The molecule has 0 saturated heterocycles. The number of nitrogens with one attached hydrogen (secondary N) is 1. The van der Waals surface area contributed by atoms with Crippen molar-refractivity contribution in [1.29, 1.82) is 0 Å². The van der Waals surface area contributed by atoms with Gasteiger partial charge in [0, 0.05) is 28.9 Å². The predicted molar refractivity (Wildman–Crippen MR) is 150 cm³/mol. The normalized spacial score (nSPS) is 26.7. The number of hydrogen-bond donors (Lipinski definition) is 4. The van der Waals surface area contributed by atoms with Gasteiger partial charge in [-0.25, -0.2) is 17.2 Å². The molecule has 42 heavy (non-hydrogen) atoms. The molecule has 4 unspecified atom stereocenters. The van der Waals surface area contributed by atoms with Gasteiger partial charge in [-0.15, -0.1) is 0 Å². The van der Waals surface area contributed by atoms with E-state index in [1.54, 1.807) is 12.1 Å². The van der Waals surface area contributed by atoms with E-state index in [4.69, 9.17) is 11.6 Å². The lowest BCUT2D eigenvalue weighted by Crippen LogP contribution is -2.68. The highest BCUT2D eigenvalue weighted by atomic mass is 35.5. The summed E-state index contributed by atoms with van der Waals surface area (Å²) in [5.41, 5.74) is -0.651. The molecule has 4 N–H and O–H groups in total. The molecule has 4 aliphatic rings. The van der Waals surface area contributed by atoms with E-state index in [-0.39, 0.29) is 39.7 Å². The van der Waals surface area contributed by atoms with Gasteiger partial charge < -0.3 is 20.6 Å². The first-order chi connectivity index (χ1) is 19.9. The average Bonchev–Trinajstić information content (AvgIpc) is 3.84. The molecule has 0 aliphatic heterocycles. The Balaban J connectivity index is 1.18. The summed E-state index contributed by atoms with van der Waals surface area (Å²) in [5, 5.41) is 34.9. The molecule has 1 amide bonds. The monoisotopic (exact) mass is 618 g/mol. The standard InChI is InChI=1S/C30H29ClF2N2O6S/c31-21-8-6-16(29(38)34-19-7-9-22(32)23(33)14-19)10-26(21)42(40,41)20-12-17-11-18(13-20)30(17,39)28(37)27(36)25-3-1-2-24(35-25)15-4-5-15/h1-3,6-10,14-15,17-18,20,27-28,36-37,39H,4-5,11-13H2,(H,34,38). The molecule has 4 fully saturated rings. The molecule has 4 aliphatic carbocycles. The maximum absolute atomic E-state index is 13.7. The second-order valence-corrected chi connectivity index (χ2v) is 14.1. The average molecular weight is 619 g/mol. The molecule has 4 saturated carbocycles. The van der Waals surface area contributed by atoms with Crippen LogP contribution in [0, 0.1) is 23.5 Å². The van der Waals surface area contributed by atoms with Crippen molar-refractivity contribution in [2.75, 3.05) is 5.32 Å². The molecule has 12 heteroatoms. The first-order valence-electron chi connectivity index (χ1n) is 13.7. The fourth-order valence-corrected chi connectivity index (χ4v) is 8.81. The zero-order chi connectivity index (χ0) is 30.0. The van der Waals surface area contributed by atoms with E-state index in [2.05, 4.69) is 10.3 Å². The Morgan fingerprint density at radius 2 is 1.71 bits per heavy atom. The third kappa shape index (κ3) is 5.01. The number of aliphatic hydroxyl groups excluding tert-OH is 2. The van der Waals surface area contributed by atoms with Gasteiger partial charge in [0.05, 0.1) is 26.5 Å². The smallest absolute Gasteiger partial charge is 0.255 e. The van der Waals surface area contributed by atoms with Crippen molar-refractivity contribution in [2.24, 2.45) is 11.8 Å². The van der Waals surface area contributed by atoms with Crippen molar-refractivity contribution >= 4 is 33.0 Å². The number of benzene rings is 2. The Labute approximate surface area is 246 Å². The molecular formula is C30H29ClF2N2O6S. The van der Waals surface area contributed by atoms with Crippen molar-refractivity contribution in [2.45, 2.75) is 66.0 Å². The van der Waals surface area contributed by atoms with Crippen molar-refractivity contribution in [3.63, 3.8) is 0 Å². The van der Waals surface area contributed by atoms with Gasteiger partial charge in [-0.3, -0.25) is 9.78 Å². The SMILES string of the molecule is O=C(Nc1ccc(F)c(F)c1)c1ccc(Cl)c(S(=O)(=O)C2CC3CC(C2)C3(O)C(O)C(O)c2cccc(C3CC3)n2)c1. The van der Waals surface area contributed by atoms with Crippen LogP contribution in [-0.4, -0.2) is 51.6 Å². The lowest BCUT2D eigenvalue weighted by atomic mass is 9.51. The molecule has 1 heterocycles. The third-order valence-electron chi connectivity index (χ3n) is 8.95. The zero-order valence-electron chi connectivity index (χ0n) is 22.3. The van der Waals surface area contributed by atoms with Crippen molar-refractivity contribution in [3.8, 4) is 0 Å². The maximum atomic E-state index is 13.7. The molecule has 2 aromatic carbocycles. The summed E-state index contributed by atoms with van der Waals surface area (Å²) < 4.78 is 54.2. The van der Waals surface area contributed by atoms with Crippen LogP contribution in [-0.2, 0) is 9.84 Å². The van der Waals surface area contributed by atoms with Gasteiger partial charge in [-0.2, -0.15) is 0 Å². The van der Waals surface area contributed by atoms with Gasteiger partial charge in [0.1, 0.15) is 12.2 Å². The number of carbonyl (C=O) groups excluding carboxylic acids is 1. The number of aliphatic hydroxyl groups is 3. The largest absolute Gasteiger partial charge is 0.387 e. The number of hydrogen-bond acceptors (Lipinski definition) is 7. The molecule has 3 aromatic rings. The summed E-state index contributed by atoms with van der Waals surface area (Å²) >= 11 is 6.27. The Hall–Kier alpha value is -2.96.